The maximum absolute atomic E-state index is 12.9. The Morgan fingerprint density at radius 2 is 1.94 bits per heavy atom. The van der Waals surface area contributed by atoms with Crippen molar-refractivity contribution < 1.29 is 33.8 Å². The predicted molar refractivity (Wildman–Crippen MR) is 111 cm³/mol. The lowest BCUT2D eigenvalue weighted by Gasteiger charge is -2.25. The smallest absolute Gasteiger partial charge is 0.295 e. The molecule has 166 valence electrons. The van der Waals surface area contributed by atoms with E-state index >= 15 is 0 Å². The van der Waals surface area contributed by atoms with Gasteiger partial charge in [-0.1, -0.05) is 12.1 Å². The third-order valence-electron chi connectivity index (χ3n) is 5.29. The van der Waals surface area contributed by atoms with Gasteiger partial charge in [-0.3, -0.25) is 19.7 Å². The highest BCUT2D eigenvalue weighted by molar-refractivity contribution is 6.46. The first-order valence-corrected chi connectivity index (χ1v) is 9.84. The number of non-ortho nitro benzene ring substituents is 1. The summed E-state index contributed by atoms with van der Waals surface area (Å²) in [5.41, 5.74) is 0.227. The second-order valence-electron chi connectivity index (χ2n) is 7.20. The number of hydrogen-bond donors (Lipinski definition) is 1. The van der Waals surface area contributed by atoms with Crippen LogP contribution in [0.15, 0.2) is 48.0 Å². The number of amides is 1. The van der Waals surface area contributed by atoms with Crippen LogP contribution in [0.1, 0.15) is 17.2 Å². The van der Waals surface area contributed by atoms with E-state index in [4.69, 9.17) is 14.2 Å². The molecule has 4 rings (SSSR count). The van der Waals surface area contributed by atoms with E-state index in [-0.39, 0.29) is 30.0 Å². The van der Waals surface area contributed by atoms with Crippen molar-refractivity contribution in [1.82, 2.24) is 4.90 Å². The number of rotatable bonds is 6. The molecule has 10 heteroatoms. The molecule has 32 heavy (non-hydrogen) atoms. The van der Waals surface area contributed by atoms with Crippen LogP contribution in [-0.4, -0.2) is 60.1 Å². The number of Topliss-reactive ketones (excluding diaryl/α,β-unsaturated/α-hetero) is 1. The average molecular weight is 440 g/mol. The summed E-state index contributed by atoms with van der Waals surface area (Å²) in [5, 5.41) is 22.4. The van der Waals surface area contributed by atoms with Crippen molar-refractivity contribution in [2.45, 2.75) is 6.04 Å². The van der Waals surface area contributed by atoms with Gasteiger partial charge in [0.2, 0.25) is 0 Å². The molecule has 0 radical (unpaired) electrons. The van der Waals surface area contributed by atoms with Crippen LogP contribution < -0.4 is 9.47 Å². The summed E-state index contributed by atoms with van der Waals surface area (Å²) < 4.78 is 16.1. The van der Waals surface area contributed by atoms with Crippen LogP contribution in [0.4, 0.5) is 5.69 Å². The summed E-state index contributed by atoms with van der Waals surface area (Å²) >= 11 is 0. The molecule has 1 unspecified atom stereocenters. The molecule has 0 aliphatic carbocycles. The average Bonchev–Trinajstić information content (AvgIpc) is 3.06. The number of hydrogen-bond acceptors (Lipinski definition) is 8. The third kappa shape index (κ3) is 3.76. The Morgan fingerprint density at radius 1 is 1.19 bits per heavy atom. The minimum atomic E-state index is -1.02. The molecule has 0 bridgehead atoms. The number of ether oxygens (including phenoxy) is 3. The van der Waals surface area contributed by atoms with Gasteiger partial charge in [0.1, 0.15) is 19.0 Å². The van der Waals surface area contributed by atoms with Gasteiger partial charge in [-0.25, -0.2) is 0 Å². The topological polar surface area (TPSA) is 128 Å². The van der Waals surface area contributed by atoms with Crippen molar-refractivity contribution >= 4 is 23.1 Å². The maximum Gasteiger partial charge on any atom is 0.295 e. The van der Waals surface area contributed by atoms with Gasteiger partial charge in [-0.2, -0.15) is 0 Å². The zero-order valence-electron chi connectivity index (χ0n) is 17.1. The van der Waals surface area contributed by atoms with Gasteiger partial charge in [0.05, 0.1) is 23.1 Å². The Morgan fingerprint density at radius 3 is 2.66 bits per heavy atom. The summed E-state index contributed by atoms with van der Waals surface area (Å²) in [4.78, 5) is 37.7. The summed E-state index contributed by atoms with van der Waals surface area (Å²) in [7, 11) is 1.45. The molecule has 0 aromatic heterocycles. The largest absolute Gasteiger partial charge is 0.507 e. The maximum atomic E-state index is 12.9. The highest BCUT2D eigenvalue weighted by Gasteiger charge is 2.46. The van der Waals surface area contributed by atoms with E-state index in [1.165, 1.54) is 36.3 Å². The zero-order chi connectivity index (χ0) is 22.8. The van der Waals surface area contributed by atoms with Crippen molar-refractivity contribution in [3.63, 3.8) is 0 Å². The third-order valence-corrected chi connectivity index (χ3v) is 5.29. The van der Waals surface area contributed by atoms with E-state index in [2.05, 4.69) is 0 Å². The van der Waals surface area contributed by atoms with Gasteiger partial charge in [0, 0.05) is 31.4 Å². The lowest BCUT2D eigenvalue weighted by Crippen LogP contribution is -2.32. The van der Waals surface area contributed by atoms with Crippen molar-refractivity contribution in [2.75, 3.05) is 33.5 Å². The molecule has 10 nitrogen and oxygen atoms in total. The second-order valence-corrected chi connectivity index (χ2v) is 7.20. The second kappa shape index (κ2) is 8.67. The van der Waals surface area contributed by atoms with Crippen molar-refractivity contribution in [3.05, 3.63) is 69.3 Å². The Kier molecular flexibility index (Phi) is 5.78. The first-order valence-electron chi connectivity index (χ1n) is 9.84. The number of aliphatic hydroxyl groups is 1. The molecule has 1 amide bonds. The SMILES string of the molecule is COCCN1C(=O)C(=O)C(=C(O)c2ccc3c(c2)OCCO3)C1c1cccc([N+](=O)[O-])c1. The molecule has 1 N–H and O–H groups in total. The molecule has 2 aromatic carbocycles. The van der Waals surface area contributed by atoms with E-state index in [1.54, 1.807) is 18.2 Å². The molecule has 0 spiro atoms. The molecule has 1 saturated heterocycles. The summed E-state index contributed by atoms with van der Waals surface area (Å²) in [6.07, 6.45) is 0. The quantitative estimate of drug-likeness (QED) is 0.238. The fourth-order valence-electron chi connectivity index (χ4n) is 3.80. The Hall–Kier alpha value is -3.92. The number of carbonyl (C=O) groups excluding carboxylic acids is 2. The number of likely N-dealkylation sites (tertiary alicyclic amines) is 1. The van der Waals surface area contributed by atoms with Gasteiger partial charge in [-0.15, -0.1) is 0 Å². The Bertz CT molecular complexity index is 1130. The fraction of sp³-hybridized carbons (Fsp3) is 0.273. The molecule has 2 aliphatic heterocycles. The molecule has 0 saturated carbocycles. The molecule has 2 aromatic rings. The monoisotopic (exact) mass is 440 g/mol. The molecule has 1 atom stereocenters. The first-order chi connectivity index (χ1) is 15.4. The van der Waals surface area contributed by atoms with Gasteiger partial charge in [0.15, 0.2) is 11.5 Å². The molecular weight excluding hydrogens is 420 g/mol. The highest BCUT2D eigenvalue weighted by Crippen LogP contribution is 2.41. The minimum Gasteiger partial charge on any atom is -0.507 e. The van der Waals surface area contributed by atoms with E-state index in [9.17, 15) is 24.8 Å². The Balaban J connectivity index is 1.85. The molecule has 2 heterocycles. The van der Waals surface area contributed by atoms with Gasteiger partial charge < -0.3 is 24.2 Å². The number of fused-ring (bicyclic) bond motifs is 1. The van der Waals surface area contributed by atoms with Gasteiger partial charge in [0.25, 0.3) is 17.4 Å². The number of carbonyl (C=O) groups is 2. The number of ketones is 1. The van der Waals surface area contributed by atoms with E-state index in [0.717, 1.165) is 0 Å². The van der Waals surface area contributed by atoms with E-state index in [0.29, 0.717) is 30.3 Å². The Labute approximate surface area is 182 Å². The van der Waals surface area contributed by atoms with Crippen molar-refractivity contribution in [3.8, 4) is 11.5 Å². The molecular formula is C22H20N2O8. The zero-order valence-corrected chi connectivity index (χ0v) is 17.1. The van der Waals surface area contributed by atoms with Gasteiger partial charge >= 0.3 is 0 Å². The van der Waals surface area contributed by atoms with Crippen molar-refractivity contribution in [2.24, 2.45) is 0 Å². The first kappa shape index (κ1) is 21.3. The minimum absolute atomic E-state index is 0.0619. The van der Waals surface area contributed by atoms with Crippen LogP contribution in [0.2, 0.25) is 0 Å². The van der Waals surface area contributed by atoms with Crippen LogP contribution in [0, 0.1) is 10.1 Å². The van der Waals surface area contributed by atoms with Crippen LogP contribution >= 0.6 is 0 Å². The van der Waals surface area contributed by atoms with Crippen LogP contribution in [-0.2, 0) is 14.3 Å². The number of methoxy groups -OCH3 is 1. The van der Waals surface area contributed by atoms with Crippen LogP contribution in [0.5, 0.6) is 11.5 Å². The number of aliphatic hydroxyl groups excluding tert-OH is 1. The molecule has 2 aliphatic rings. The summed E-state index contributed by atoms with van der Waals surface area (Å²) in [6.45, 7) is 0.941. The summed E-state index contributed by atoms with van der Waals surface area (Å²) in [5.74, 6) is -1.20. The van der Waals surface area contributed by atoms with Gasteiger partial charge in [-0.05, 0) is 23.8 Å². The lowest BCUT2D eigenvalue weighted by molar-refractivity contribution is -0.384. The summed E-state index contributed by atoms with van der Waals surface area (Å²) in [6, 6.07) is 9.30. The lowest BCUT2D eigenvalue weighted by atomic mass is 9.95. The van der Waals surface area contributed by atoms with Crippen LogP contribution in [0.25, 0.3) is 5.76 Å². The number of benzene rings is 2. The van der Waals surface area contributed by atoms with E-state index in [1.807, 2.05) is 0 Å². The highest BCUT2D eigenvalue weighted by atomic mass is 16.6. The predicted octanol–water partition coefficient (Wildman–Crippen LogP) is 2.43. The molecule has 1 fully saturated rings. The normalized spacial score (nSPS) is 19.3. The van der Waals surface area contributed by atoms with Crippen LogP contribution in [0.3, 0.4) is 0 Å². The number of nitro groups is 1. The number of nitro benzene ring substituents is 1. The van der Waals surface area contributed by atoms with E-state index < -0.39 is 28.4 Å². The standard InChI is InChI=1S/C22H20N2O8/c1-30-8-7-23-19(13-3-2-4-15(11-13)24(28)29)18(21(26)22(23)27)20(25)14-5-6-16-17(12-14)32-10-9-31-16/h2-6,11-12,19,25H,7-10H2,1H3. The number of nitrogens with zero attached hydrogens (tertiary/aromatic N) is 2. The van der Waals surface area contributed by atoms with Crippen molar-refractivity contribution in [1.29, 1.82) is 0 Å². The fourth-order valence-corrected chi connectivity index (χ4v) is 3.80.